The molecule has 84 valence electrons. The SMILES string of the molecule is CC1CC1C(CCc1cnn(C)c1)NN. The molecule has 1 aliphatic rings. The van der Waals surface area contributed by atoms with E-state index in [1.54, 1.807) is 0 Å². The third-order valence-corrected chi connectivity index (χ3v) is 3.40. The number of hydrogen-bond acceptors (Lipinski definition) is 3. The van der Waals surface area contributed by atoms with Crippen LogP contribution < -0.4 is 11.3 Å². The van der Waals surface area contributed by atoms with Gasteiger partial charge in [-0.2, -0.15) is 5.10 Å². The van der Waals surface area contributed by atoms with Crippen LogP contribution in [0.3, 0.4) is 0 Å². The van der Waals surface area contributed by atoms with Gasteiger partial charge in [0.15, 0.2) is 0 Å². The number of nitrogens with two attached hydrogens (primary N) is 1. The highest BCUT2D eigenvalue weighted by Crippen LogP contribution is 2.41. The second kappa shape index (κ2) is 4.33. The molecule has 1 aliphatic carbocycles. The third kappa shape index (κ3) is 2.58. The number of aromatic nitrogens is 2. The quantitative estimate of drug-likeness (QED) is 0.557. The standard InChI is InChI=1S/C11H20N4/c1-8-5-10(8)11(14-12)4-3-9-6-13-15(2)7-9/h6-8,10-11,14H,3-5,12H2,1-2H3. The number of rotatable bonds is 5. The zero-order valence-electron chi connectivity index (χ0n) is 9.48. The summed E-state index contributed by atoms with van der Waals surface area (Å²) < 4.78 is 1.85. The maximum Gasteiger partial charge on any atom is 0.0521 e. The minimum Gasteiger partial charge on any atom is -0.276 e. The maximum absolute atomic E-state index is 5.57. The van der Waals surface area contributed by atoms with Crippen molar-refractivity contribution in [1.29, 1.82) is 0 Å². The largest absolute Gasteiger partial charge is 0.276 e. The highest BCUT2D eigenvalue weighted by molar-refractivity contribution is 5.05. The van der Waals surface area contributed by atoms with Crippen molar-refractivity contribution >= 4 is 0 Å². The molecule has 2 rings (SSSR count). The molecule has 3 atom stereocenters. The summed E-state index contributed by atoms with van der Waals surface area (Å²) in [6.45, 7) is 2.29. The highest BCUT2D eigenvalue weighted by atomic mass is 15.2. The van der Waals surface area contributed by atoms with E-state index in [0.717, 1.165) is 24.7 Å². The topological polar surface area (TPSA) is 55.9 Å². The van der Waals surface area contributed by atoms with Crippen LogP contribution in [-0.4, -0.2) is 15.8 Å². The van der Waals surface area contributed by atoms with Crippen molar-refractivity contribution in [3.8, 4) is 0 Å². The van der Waals surface area contributed by atoms with Crippen LogP contribution in [0.2, 0.25) is 0 Å². The van der Waals surface area contributed by atoms with E-state index in [-0.39, 0.29) is 0 Å². The molecule has 1 aromatic rings. The van der Waals surface area contributed by atoms with E-state index in [1.807, 2.05) is 17.9 Å². The smallest absolute Gasteiger partial charge is 0.0521 e. The Hall–Kier alpha value is -0.870. The molecular weight excluding hydrogens is 188 g/mol. The van der Waals surface area contributed by atoms with Crippen molar-refractivity contribution in [2.24, 2.45) is 24.7 Å². The van der Waals surface area contributed by atoms with Crippen molar-refractivity contribution in [3.63, 3.8) is 0 Å². The first-order chi connectivity index (χ1) is 7.20. The molecule has 0 saturated heterocycles. The summed E-state index contributed by atoms with van der Waals surface area (Å²) in [5.41, 5.74) is 4.24. The fourth-order valence-electron chi connectivity index (χ4n) is 2.26. The van der Waals surface area contributed by atoms with Crippen LogP contribution in [0, 0.1) is 11.8 Å². The number of hydrogen-bond donors (Lipinski definition) is 2. The van der Waals surface area contributed by atoms with Gasteiger partial charge in [0.1, 0.15) is 0 Å². The van der Waals surface area contributed by atoms with E-state index < -0.39 is 0 Å². The predicted octanol–water partition coefficient (Wildman–Crippen LogP) is 0.841. The van der Waals surface area contributed by atoms with Crippen LogP contribution in [0.5, 0.6) is 0 Å². The van der Waals surface area contributed by atoms with Crippen LogP contribution in [0.4, 0.5) is 0 Å². The summed E-state index contributed by atoms with van der Waals surface area (Å²) in [4.78, 5) is 0. The second-order valence-corrected chi connectivity index (χ2v) is 4.71. The third-order valence-electron chi connectivity index (χ3n) is 3.40. The Balaban J connectivity index is 1.81. The highest BCUT2D eigenvalue weighted by Gasteiger charge is 2.38. The van der Waals surface area contributed by atoms with Crippen molar-refractivity contribution in [2.45, 2.75) is 32.2 Å². The fraction of sp³-hybridized carbons (Fsp3) is 0.727. The number of nitrogens with zero attached hydrogens (tertiary/aromatic N) is 2. The Morgan fingerprint density at radius 1 is 1.73 bits per heavy atom. The summed E-state index contributed by atoms with van der Waals surface area (Å²) in [6.07, 6.45) is 7.50. The summed E-state index contributed by atoms with van der Waals surface area (Å²) in [5, 5.41) is 4.16. The predicted molar refractivity (Wildman–Crippen MR) is 59.9 cm³/mol. The van der Waals surface area contributed by atoms with Crippen LogP contribution in [0.1, 0.15) is 25.3 Å². The molecule has 1 fully saturated rings. The molecule has 3 unspecified atom stereocenters. The number of nitrogens with one attached hydrogen (secondary N) is 1. The fourth-order valence-corrected chi connectivity index (χ4v) is 2.26. The summed E-state index contributed by atoms with van der Waals surface area (Å²) in [6, 6.07) is 0.472. The van der Waals surface area contributed by atoms with Crippen LogP contribution in [0.25, 0.3) is 0 Å². The van der Waals surface area contributed by atoms with Gasteiger partial charge in [-0.15, -0.1) is 0 Å². The lowest BCUT2D eigenvalue weighted by Crippen LogP contribution is -2.37. The van der Waals surface area contributed by atoms with Gasteiger partial charge >= 0.3 is 0 Å². The average molecular weight is 208 g/mol. The van der Waals surface area contributed by atoms with Gasteiger partial charge in [-0.25, -0.2) is 0 Å². The van der Waals surface area contributed by atoms with Crippen molar-refractivity contribution in [3.05, 3.63) is 18.0 Å². The van der Waals surface area contributed by atoms with E-state index in [1.165, 1.54) is 12.0 Å². The monoisotopic (exact) mass is 208 g/mol. The Morgan fingerprint density at radius 2 is 2.47 bits per heavy atom. The van der Waals surface area contributed by atoms with Crippen LogP contribution in [0.15, 0.2) is 12.4 Å². The van der Waals surface area contributed by atoms with E-state index in [4.69, 9.17) is 5.84 Å². The van der Waals surface area contributed by atoms with Crippen molar-refractivity contribution < 1.29 is 0 Å². The molecule has 1 aromatic heterocycles. The first kappa shape index (κ1) is 10.6. The zero-order chi connectivity index (χ0) is 10.8. The van der Waals surface area contributed by atoms with E-state index in [2.05, 4.69) is 23.6 Å². The van der Waals surface area contributed by atoms with Gasteiger partial charge in [0.25, 0.3) is 0 Å². The van der Waals surface area contributed by atoms with Crippen LogP contribution >= 0.6 is 0 Å². The molecule has 1 heterocycles. The van der Waals surface area contributed by atoms with Crippen molar-refractivity contribution in [1.82, 2.24) is 15.2 Å². The van der Waals surface area contributed by atoms with E-state index >= 15 is 0 Å². The first-order valence-electron chi connectivity index (χ1n) is 5.64. The second-order valence-electron chi connectivity index (χ2n) is 4.71. The maximum atomic E-state index is 5.57. The zero-order valence-corrected chi connectivity index (χ0v) is 9.48. The molecule has 0 radical (unpaired) electrons. The van der Waals surface area contributed by atoms with Gasteiger partial charge in [-0.3, -0.25) is 16.0 Å². The lowest BCUT2D eigenvalue weighted by molar-refractivity contribution is 0.430. The first-order valence-corrected chi connectivity index (χ1v) is 5.64. The van der Waals surface area contributed by atoms with Crippen molar-refractivity contribution in [2.75, 3.05) is 0 Å². The molecule has 3 N–H and O–H groups in total. The molecule has 0 aliphatic heterocycles. The normalized spacial score (nSPS) is 26.6. The van der Waals surface area contributed by atoms with E-state index in [9.17, 15) is 0 Å². The van der Waals surface area contributed by atoms with Gasteiger partial charge in [-0.05, 0) is 36.7 Å². The van der Waals surface area contributed by atoms with E-state index in [0.29, 0.717) is 6.04 Å². The minimum absolute atomic E-state index is 0.472. The van der Waals surface area contributed by atoms with Gasteiger partial charge in [0.2, 0.25) is 0 Å². The number of hydrazine groups is 1. The molecular formula is C11H20N4. The lowest BCUT2D eigenvalue weighted by atomic mass is 10.0. The molecule has 0 amide bonds. The summed E-state index contributed by atoms with van der Waals surface area (Å²) in [7, 11) is 1.95. The molecule has 0 bridgehead atoms. The molecule has 4 heteroatoms. The van der Waals surface area contributed by atoms with Gasteiger partial charge < -0.3 is 0 Å². The average Bonchev–Trinajstić information content (AvgIpc) is 2.76. The molecule has 0 aromatic carbocycles. The Labute approximate surface area is 90.8 Å². The Bertz CT molecular complexity index is 320. The van der Waals surface area contributed by atoms with Gasteiger partial charge in [-0.1, -0.05) is 6.92 Å². The molecule has 1 saturated carbocycles. The Morgan fingerprint density at radius 3 is 2.93 bits per heavy atom. The molecule has 15 heavy (non-hydrogen) atoms. The summed E-state index contributed by atoms with van der Waals surface area (Å²) in [5.74, 6) is 7.21. The lowest BCUT2D eigenvalue weighted by Gasteiger charge is -2.14. The van der Waals surface area contributed by atoms with Gasteiger partial charge in [0.05, 0.1) is 6.20 Å². The molecule has 4 nitrogen and oxygen atoms in total. The van der Waals surface area contributed by atoms with Crippen LogP contribution in [-0.2, 0) is 13.5 Å². The number of aryl methyl sites for hydroxylation is 2. The molecule has 0 spiro atoms. The Kier molecular flexibility index (Phi) is 3.07. The van der Waals surface area contributed by atoms with Gasteiger partial charge in [0, 0.05) is 19.3 Å². The minimum atomic E-state index is 0.472. The summed E-state index contributed by atoms with van der Waals surface area (Å²) >= 11 is 0.